The first kappa shape index (κ1) is 23.6. The predicted molar refractivity (Wildman–Crippen MR) is 126 cm³/mol. The molecule has 180 valence electrons. The van der Waals surface area contributed by atoms with E-state index < -0.39 is 12.0 Å². The van der Waals surface area contributed by atoms with Crippen LogP contribution in [-0.2, 0) is 9.59 Å². The van der Waals surface area contributed by atoms with Crippen LogP contribution in [0.25, 0.3) is 0 Å². The number of fused-ring (bicyclic) bond motifs is 1. The average molecular weight is 467 g/mol. The summed E-state index contributed by atoms with van der Waals surface area (Å²) in [5.41, 5.74) is 1.61. The molecule has 1 fully saturated rings. The van der Waals surface area contributed by atoms with E-state index in [1.807, 2.05) is 29.2 Å². The molecule has 34 heavy (non-hydrogen) atoms. The molecule has 2 aromatic rings. The number of anilines is 1. The number of amides is 2. The molecule has 2 aliphatic rings. The SMILES string of the molecule is CCCCN1C(=O)CC[C@H](C(=O)Nc2cc3c(cc2C(C)=O)OCO3)[C@H]1c1ccc(OC)cc1. The average Bonchev–Trinajstić information content (AvgIpc) is 3.30. The standard InChI is InChI=1S/C26H30N2O6/c1-4-5-12-28-24(30)11-10-19(25(28)17-6-8-18(32-3)9-7-17)26(31)27-21-14-23-22(33-15-34-23)13-20(21)16(2)29/h6-9,13-14,19,25H,4-5,10-12,15H2,1-3H3,(H,27,31)/t19-,25+/m0/s1. The molecule has 1 N–H and O–H groups in total. The van der Waals surface area contributed by atoms with Crippen molar-refractivity contribution in [3.05, 3.63) is 47.5 Å². The third-order valence-corrected chi connectivity index (χ3v) is 6.40. The van der Waals surface area contributed by atoms with Gasteiger partial charge in [-0.05, 0) is 43.5 Å². The van der Waals surface area contributed by atoms with Crippen molar-refractivity contribution in [2.75, 3.05) is 25.8 Å². The molecule has 2 aromatic carbocycles. The number of benzene rings is 2. The Hall–Kier alpha value is -3.55. The second-order valence-corrected chi connectivity index (χ2v) is 8.60. The molecule has 2 atom stereocenters. The molecule has 8 nitrogen and oxygen atoms in total. The van der Waals surface area contributed by atoms with Crippen LogP contribution in [0.1, 0.15) is 61.5 Å². The largest absolute Gasteiger partial charge is 0.497 e. The third-order valence-electron chi connectivity index (χ3n) is 6.40. The molecule has 0 saturated carbocycles. The minimum Gasteiger partial charge on any atom is -0.497 e. The van der Waals surface area contributed by atoms with E-state index in [1.165, 1.54) is 6.92 Å². The quantitative estimate of drug-likeness (QED) is 0.582. The van der Waals surface area contributed by atoms with Crippen LogP contribution in [0, 0.1) is 5.92 Å². The van der Waals surface area contributed by atoms with Gasteiger partial charge in [0, 0.05) is 24.6 Å². The van der Waals surface area contributed by atoms with Crippen molar-refractivity contribution in [3.63, 3.8) is 0 Å². The summed E-state index contributed by atoms with van der Waals surface area (Å²) < 4.78 is 16.1. The first-order valence-electron chi connectivity index (χ1n) is 11.6. The smallest absolute Gasteiger partial charge is 0.231 e. The molecule has 4 rings (SSSR count). The molecule has 2 amide bonds. The van der Waals surface area contributed by atoms with E-state index in [4.69, 9.17) is 14.2 Å². The summed E-state index contributed by atoms with van der Waals surface area (Å²) in [6.45, 7) is 4.17. The Morgan fingerprint density at radius 3 is 2.50 bits per heavy atom. The van der Waals surface area contributed by atoms with Crippen LogP contribution in [0.5, 0.6) is 17.2 Å². The first-order valence-corrected chi connectivity index (χ1v) is 11.6. The number of piperidine rings is 1. The number of nitrogens with zero attached hydrogens (tertiary/aromatic N) is 1. The lowest BCUT2D eigenvalue weighted by Crippen LogP contribution is -2.47. The van der Waals surface area contributed by atoms with Crippen molar-refractivity contribution < 1.29 is 28.6 Å². The van der Waals surface area contributed by atoms with E-state index in [2.05, 4.69) is 12.2 Å². The molecule has 0 spiro atoms. The molecule has 0 aromatic heterocycles. The molecule has 0 unspecified atom stereocenters. The Labute approximate surface area is 199 Å². The van der Waals surface area contributed by atoms with Gasteiger partial charge in [-0.1, -0.05) is 25.5 Å². The van der Waals surface area contributed by atoms with Crippen LogP contribution in [-0.4, -0.2) is 42.9 Å². The Kier molecular flexibility index (Phi) is 7.05. The normalized spacial score (nSPS) is 19.1. The van der Waals surface area contributed by atoms with E-state index in [1.54, 1.807) is 19.2 Å². The minimum atomic E-state index is -0.479. The van der Waals surface area contributed by atoms with E-state index in [-0.39, 0.29) is 24.4 Å². The number of unbranched alkanes of at least 4 members (excludes halogenated alkanes) is 1. The van der Waals surface area contributed by atoms with Crippen LogP contribution in [0.2, 0.25) is 0 Å². The molecule has 0 aliphatic carbocycles. The Morgan fingerprint density at radius 1 is 1.15 bits per heavy atom. The molecular weight excluding hydrogens is 436 g/mol. The van der Waals surface area contributed by atoms with Gasteiger partial charge in [0.2, 0.25) is 18.6 Å². The van der Waals surface area contributed by atoms with E-state index in [0.717, 1.165) is 18.4 Å². The van der Waals surface area contributed by atoms with Crippen molar-refractivity contribution in [2.24, 2.45) is 5.92 Å². The lowest BCUT2D eigenvalue weighted by atomic mass is 9.83. The van der Waals surface area contributed by atoms with Crippen LogP contribution in [0.3, 0.4) is 0 Å². The third kappa shape index (κ3) is 4.71. The number of methoxy groups -OCH3 is 1. The number of Topliss-reactive ketones (excluding diaryl/α,β-unsaturated/α-hetero) is 1. The topological polar surface area (TPSA) is 94.2 Å². The van der Waals surface area contributed by atoms with Crippen molar-refractivity contribution in [1.82, 2.24) is 4.90 Å². The van der Waals surface area contributed by atoms with Gasteiger partial charge in [-0.3, -0.25) is 14.4 Å². The highest BCUT2D eigenvalue weighted by molar-refractivity contribution is 6.05. The highest BCUT2D eigenvalue weighted by Crippen LogP contribution is 2.40. The number of hydrogen-bond donors (Lipinski definition) is 1. The number of carbonyl (C=O) groups is 3. The Balaban J connectivity index is 1.67. The molecule has 0 radical (unpaired) electrons. The van der Waals surface area contributed by atoms with Gasteiger partial charge in [-0.15, -0.1) is 0 Å². The van der Waals surface area contributed by atoms with Gasteiger partial charge in [0.1, 0.15) is 5.75 Å². The lowest BCUT2D eigenvalue weighted by molar-refractivity contribution is -0.142. The molecule has 0 bridgehead atoms. The highest BCUT2D eigenvalue weighted by atomic mass is 16.7. The summed E-state index contributed by atoms with van der Waals surface area (Å²) in [6, 6.07) is 10.3. The summed E-state index contributed by atoms with van der Waals surface area (Å²) >= 11 is 0. The minimum absolute atomic E-state index is 0.0471. The zero-order valence-corrected chi connectivity index (χ0v) is 19.8. The van der Waals surface area contributed by atoms with Crippen molar-refractivity contribution in [2.45, 2.75) is 45.6 Å². The number of rotatable bonds is 8. The molecular formula is C26H30N2O6. The Bertz CT molecular complexity index is 1080. The van der Waals surface area contributed by atoms with Crippen molar-refractivity contribution in [1.29, 1.82) is 0 Å². The summed E-state index contributed by atoms with van der Waals surface area (Å²) in [6.07, 6.45) is 2.51. The first-order chi connectivity index (χ1) is 16.4. The maximum atomic E-state index is 13.6. The Morgan fingerprint density at radius 2 is 1.85 bits per heavy atom. The molecule has 2 aliphatic heterocycles. The molecule has 2 heterocycles. The number of ether oxygens (including phenoxy) is 3. The maximum absolute atomic E-state index is 13.6. The number of ketones is 1. The van der Waals surface area contributed by atoms with Gasteiger partial charge in [0.25, 0.3) is 0 Å². The fraction of sp³-hybridized carbons (Fsp3) is 0.423. The number of carbonyl (C=O) groups excluding carboxylic acids is 3. The van der Waals surface area contributed by atoms with E-state index >= 15 is 0 Å². The van der Waals surface area contributed by atoms with E-state index in [0.29, 0.717) is 47.9 Å². The summed E-state index contributed by atoms with van der Waals surface area (Å²) in [5, 5.41) is 2.95. The molecule has 8 heteroatoms. The van der Waals surface area contributed by atoms with Crippen molar-refractivity contribution >= 4 is 23.3 Å². The van der Waals surface area contributed by atoms with Crippen LogP contribution >= 0.6 is 0 Å². The zero-order valence-electron chi connectivity index (χ0n) is 19.8. The number of likely N-dealkylation sites (tertiary alicyclic amines) is 1. The summed E-state index contributed by atoms with van der Waals surface area (Å²) in [7, 11) is 1.60. The second-order valence-electron chi connectivity index (χ2n) is 8.60. The van der Waals surface area contributed by atoms with Gasteiger partial charge in [-0.25, -0.2) is 0 Å². The molecule has 1 saturated heterocycles. The van der Waals surface area contributed by atoms with Gasteiger partial charge >= 0.3 is 0 Å². The van der Waals surface area contributed by atoms with Gasteiger partial charge in [0.15, 0.2) is 17.3 Å². The van der Waals surface area contributed by atoms with Gasteiger partial charge in [0.05, 0.1) is 24.8 Å². The monoisotopic (exact) mass is 466 g/mol. The zero-order chi connectivity index (χ0) is 24.2. The van der Waals surface area contributed by atoms with Crippen LogP contribution < -0.4 is 19.5 Å². The van der Waals surface area contributed by atoms with Crippen LogP contribution in [0.15, 0.2) is 36.4 Å². The van der Waals surface area contributed by atoms with Crippen LogP contribution in [0.4, 0.5) is 5.69 Å². The second kappa shape index (κ2) is 10.2. The lowest BCUT2D eigenvalue weighted by Gasteiger charge is -2.41. The van der Waals surface area contributed by atoms with Gasteiger partial charge < -0.3 is 24.4 Å². The summed E-state index contributed by atoms with van der Waals surface area (Å²) in [5.74, 6) is 0.807. The van der Waals surface area contributed by atoms with Gasteiger partial charge in [-0.2, -0.15) is 0 Å². The van der Waals surface area contributed by atoms with Crippen molar-refractivity contribution in [3.8, 4) is 17.2 Å². The number of hydrogen-bond acceptors (Lipinski definition) is 6. The highest BCUT2D eigenvalue weighted by Gasteiger charge is 2.40. The summed E-state index contributed by atoms with van der Waals surface area (Å²) in [4.78, 5) is 40.6. The fourth-order valence-electron chi connectivity index (χ4n) is 4.59. The fourth-order valence-corrected chi connectivity index (χ4v) is 4.59. The number of nitrogens with one attached hydrogen (secondary N) is 1. The predicted octanol–water partition coefficient (Wildman–Crippen LogP) is 4.35. The maximum Gasteiger partial charge on any atom is 0.231 e. The van der Waals surface area contributed by atoms with E-state index in [9.17, 15) is 14.4 Å².